The van der Waals surface area contributed by atoms with Crippen molar-refractivity contribution in [2.45, 2.75) is 289 Å². The number of nitrogens with zero attached hydrogens (tertiary/aromatic N) is 4. The zero-order valence-electron chi connectivity index (χ0n) is 53.2. The average molecular weight is 1200 g/mol. The molecule has 0 saturated carbocycles. The van der Waals surface area contributed by atoms with Crippen molar-refractivity contribution in [1.29, 1.82) is 0 Å². The summed E-state index contributed by atoms with van der Waals surface area (Å²) in [4.78, 5) is 107. The van der Waals surface area contributed by atoms with Crippen LogP contribution in [0.4, 0.5) is 0 Å². The Morgan fingerprint density at radius 3 is 0.953 bits per heavy atom. The second-order valence-electron chi connectivity index (χ2n) is 23.0. The Bertz CT molecular complexity index is 1810. The first-order valence-corrected chi connectivity index (χ1v) is 33.2. The van der Waals surface area contributed by atoms with E-state index in [1.807, 2.05) is 0 Å². The van der Waals surface area contributed by atoms with Crippen LogP contribution in [-0.4, -0.2) is 128 Å². The number of primary amides is 1. The molecule has 23 nitrogen and oxygen atoms in total. The summed E-state index contributed by atoms with van der Waals surface area (Å²) < 4.78 is 0. The van der Waals surface area contributed by atoms with Crippen molar-refractivity contribution in [3.8, 4) is 0 Å². The standard InChI is InChI=1S/C62H122N16O7/c1-3-5-7-9-11-13-15-17-19-21-23-25-27-29-31-39-53(79)70-46-48-78(49-47-71-54(80)40-32-30-28-26-24-22-20-18-16-14-12-10-8-6-4-2)56(82)42-41-55(81)75-51(37-34-44-73-61(66)67)58(84)77-52(38-35-45-74-62(68)69)59(85)76-50(57(63)83)36-33-43-72-60(64)65/h50-52H,3-49H2,1-2H3,(H2,63,83)(H,70,79)(H,71,80)(H,75,81)(H,76,85)(H,77,84)(H4,64,65,72)(H4,66,67,73)(H4,68,69,74)/t50-,51-,52-/m0/s1. The first kappa shape index (κ1) is 79.1. The molecule has 7 amide bonds. The van der Waals surface area contributed by atoms with Gasteiger partial charge in [0.2, 0.25) is 41.4 Å². The lowest BCUT2D eigenvalue weighted by Gasteiger charge is -2.25. The number of rotatable bonds is 59. The summed E-state index contributed by atoms with van der Waals surface area (Å²) in [7, 11) is 0. The molecule has 0 radical (unpaired) electrons. The zero-order valence-corrected chi connectivity index (χ0v) is 53.2. The first-order chi connectivity index (χ1) is 41.0. The number of hydrogen-bond donors (Lipinski definition) is 12. The van der Waals surface area contributed by atoms with Crippen molar-refractivity contribution in [2.24, 2.45) is 55.1 Å². The van der Waals surface area contributed by atoms with E-state index in [1.165, 1.54) is 159 Å². The van der Waals surface area contributed by atoms with E-state index in [0.717, 1.165) is 38.5 Å². The average Bonchev–Trinajstić information content (AvgIpc) is 3.57. The van der Waals surface area contributed by atoms with Gasteiger partial charge in [0.25, 0.3) is 0 Å². The van der Waals surface area contributed by atoms with Gasteiger partial charge in [0.15, 0.2) is 17.9 Å². The third kappa shape index (κ3) is 51.1. The molecule has 3 atom stereocenters. The highest BCUT2D eigenvalue weighted by atomic mass is 16.2. The Labute approximate surface area is 512 Å². The summed E-state index contributed by atoms with van der Waals surface area (Å²) in [5.74, 6) is -3.90. The smallest absolute Gasteiger partial charge is 0.243 e. The van der Waals surface area contributed by atoms with Gasteiger partial charge in [-0.1, -0.05) is 194 Å². The molecule has 0 unspecified atom stereocenters. The van der Waals surface area contributed by atoms with Crippen molar-refractivity contribution >= 4 is 59.2 Å². The fourth-order valence-electron chi connectivity index (χ4n) is 10.0. The van der Waals surface area contributed by atoms with E-state index in [4.69, 9.17) is 40.1 Å². The Morgan fingerprint density at radius 2 is 0.635 bits per heavy atom. The molecule has 0 aromatic heterocycles. The van der Waals surface area contributed by atoms with Gasteiger partial charge in [0.1, 0.15) is 18.1 Å². The highest BCUT2D eigenvalue weighted by Gasteiger charge is 2.29. The van der Waals surface area contributed by atoms with E-state index < -0.39 is 41.8 Å². The maximum Gasteiger partial charge on any atom is 0.243 e. The summed E-state index contributed by atoms with van der Waals surface area (Å²) in [6.45, 7) is 5.65. The van der Waals surface area contributed by atoms with E-state index in [-0.39, 0.29) is 126 Å². The van der Waals surface area contributed by atoms with Crippen LogP contribution < -0.4 is 66.7 Å². The largest absolute Gasteiger partial charge is 0.370 e. The molecule has 85 heavy (non-hydrogen) atoms. The van der Waals surface area contributed by atoms with Gasteiger partial charge < -0.3 is 71.6 Å². The molecule has 0 aromatic carbocycles. The van der Waals surface area contributed by atoms with Crippen LogP contribution in [-0.2, 0) is 33.6 Å². The summed E-state index contributed by atoms with van der Waals surface area (Å²) >= 11 is 0. The second kappa shape index (κ2) is 55.9. The van der Waals surface area contributed by atoms with Gasteiger partial charge >= 0.3 is 0 Å². The van der Waals surface area contributed by atoms with Crippen molar-refractivity contribution in [1.82, 2.24) is 31.5 Å². The van der Waals surface area contributed by atoms with Crippen LogP contribution in [0.3, 0.4) is 0 Å². The molecular weight excluding hydrogens is 1080 g/mol. The summed E-state index contributed by atoms with van der Waals surface area (Å²) in [6, 6.07) is -3.54. The molecule has 0 heterocycles. The lowest BCUT2D eigenvalue weighted by Crippen LogP contribution is -2.56. The predicted octanol–water partition coefficient (Wildman–Crippen LogP) is 6.45. The summed E-state index contributed by atoms with van der Waals surface area (Å²) in [6.07, 6.45) is 38.3. The number of amides is 7. The highest BCUT2D eigenvalue weighted by molar-refractivity contribution is 5.94. The van der Waals surface area contributed by atoms with Crippen molar-refractivity contribution in [3.63, 3.8) is 0 Å². The van der Waals surface area contributed by atoms with Gasteiger partial charge in [0, 0.05) is 71.5 Å². The van der Waals surface area contributed by atoms with Gasteiger partial charge in [-0.05, 0) is 51.4 Å². The van der Waals surface area contributed by atoms with Gasteiger partial charge in [-0.15, -0.1) is 0 Å². The number of hydrogen-bond acceptors (Lipinski definition) is 10. The quantitative estimate of drug-likeness (QED) is 0.0177. The van der Waals surface area contributed by atoms with Crippen LogP contribution in [0.1, 0.15) is 271 Å². The molecule has 0 rings (SSSR count). The van der Waals surface area contributed by atoms with Gasteiger partial charge in [-0.25, -0.2) is 0 Å². The number of unbranched alkanes of at least 4 members (excludes halogenated alkanes) is 28. The fraction of sp³-hybridized carbons (Fsp3) is 0.839. The number of carbonyl (C=O) groups excluding carboxylic acids is 7. The Balaban J connectivity index is 5.66. The molecule has 0 saturated heterocycles. The van der Waals surface area contributed by atoms with E-state index in [2.05, 4.69) is 55.4 Å². The second-order valence-corrected chi connectivity index (χ2v) is 23.0. The van der Waals surface area contributed by atoms with Crippen molar-refractivity contribution in [3.05, 3.63) is 0 Å². The molecule has 0 aliphatic carbocycles. The minimum absolute atomic E-state index is 0.0345. The molecule has 0 fully saturated rings. The molecule has 0 spiro atoms. The first-order valence-electron chi connectivity index (χ1n) is 33.2. The van der Waals surface area contributed by atoms with Crippen LogP contribution in [0, 0.1) is 0 Å². The maximum atomic E-state index is 14.0. The molecule has 23 heteroatoms. The minimum Gasteiger partial charge on any atom is -0.370 e. The lowest BCUT2D eigenvalue weighted by atomic mass is 10.0. The lowest BCUT2D eigenvalue weighted by molar-refractivity contribution is -0.135. The molecule has 0 bridgehead atoms. The van der Waals surface area contributed by atoms with Crippen LogP contribution in [0.15, 0.2) is 15.0 Å². The Morgan fingerprint density at radius 1 is 0.341 bits per heavy atom. The normalized spacial score (nSPS) is 12.0. The van der Waals surface area contributed by atoms with Crippen LogP contribution in [0.2, 0.25) is 0 Å². The molecule has 492 valence electrons. The Kier molecular flexibility index (Phi) is 52.1. The monoisotopic (exact) mass is 1200 g/mol. The SMILES string of the molecule is CCCCCCCCCCCCCCCCCC(=O)NCCN(CCNC(=O)CCCCCCCCCCCCCCCCC)C(=O)CCC(=O)N[C@@H](CCCN=C(N)N)C(=O)N[C@@H](CCCN=C(N)N)C(=O)N[C@@H](CCCN=C(N)N)C(N)=O. The number of aliphatic imine (C=N–C) groups is 3. The molecule has 0 aliphatic rings. The van der Waals surface area contributed by atoms with Gasteiger partial charge in [-0.2, -0.15) is 0 Å². The third-order valence-electron chi connectivity index (χ3n) is 15.1. The van der Waals surface area contributed by atoms with Crippen LogP contribution in [0.25, 0.3) is 0 Å². The topological polar surface area (TPSA) is 402 Å². The third-order valence-corrected chi connectivity index (χ3v) is 15.1. The van der Waals surface area contributed by atoms with E-state index in [9.17, 15) is 33.6 Å². The zero-order chi connectivity index (χ0) is 63.0. The highest BCUT2D eigenvalue weighted by Crippen LogP contribution is 2.16. The number of nitrogens with one attached hydrogen (secondary N) is 5. The fourth-order valence-corrected chi connectivity index (χ4v) is 10.0. The van der Waals surface area contributed by atoms with Crippen molar-refractivity contribution in [2.75, 3.05) is 45.8 Å². The number of carbonyl (C=O) groups is 7. The predicted molar refractivity (Wildman–Crippen MR) is 346 cm³/mol. The van der Waals surface area contributed by atoms with E-state index >= 15 is 0 Å². The van der Waals surface area contributed by atoms with E-state index in [0.29, 0.717) is 19.3 Å². The minimum atomic E-state index is -1.22. The molecule has 0 aliphatic heterocycles. The molecule has 19 N–H and O–H groups in total. The van der Waals surface area contributed by atoms with Crippen LogP contribution >= 0.6 is 0 Å². The Hall–Kier alpha value is -5.90. The maximum absolute atomic E-state index is 14.0. The van der Waals surface area contributed by atoms with Gasteiger partial charge in [-0.3, -0.25) is 48.5 Å². The van der Waals surface area contributed by atoms with Crippen molar-refractivity contribution < 1.29 is 33.6 Å². The molecule has 0 aromatic rings. The summed E-state index contributed by atoms with van der Waals surface area (Å²) in [5, 5.41) is 13.9. The summed E-state index contributed by atoms with van der Waals surface area (Å²) in [5.41, 5.74) is 38.5. The van der Waals surface area contributed by atoms with Gasteiger partial charge in [0.05, 0.1) is 0 Å². The van der Waals surface area contributed by atoms with Crippen LogP contribution in [0.5, 0.6) is 0 Å². The number of nitrogens with two attached hydrogens (primary N) is 7. The number of guanidine groups is 3. The van der Waals surface area contributed by atoms with E-state index in [1.54, 1.807) is 0 Å². The molecular formula is C62H122N16O7.